The van der Waals surface area contributed by atoms with Crippen LogP contribution in [0.2, 0.25) is 0 Å². The molecule has 0 spiro atoms. The molecular formula is C11H15N5OS. The fourth-order valence-corrected chi connectivity index (χ4v) is 3.21. The van der Waals surface area contributed by atoms with E-state index in [1.54, 1.807) is 0 Å². The molecule has 0 saturated carbocycles. The molecule has 0 amide bonds. The summed E-state index contributed by atoms with van der Waals surface area (Å²) in [5.74, 6) is 0. The molecule has 7 heteroatoms. The van der Waals surface area contributed by atoms with Crippen LogP contribution in [0.1, 0.15) is 17.1 Å². The first-order valence-corrected chi connectivity index (χ1v) is 6.78. The SMILES string of the molecule is Cc1cc(=O)n2nc(CN3CCC(N)C3)sc2n1. The number of hydrogen-bond acceptors (Lipinski definition) is 6. The van der Waals surface area contributed by atoms with Gasteiger partial charge in [-0.3, -0.25) is 9.69 Å². The van der Waals surface area contributed by atoms with E-state index in [4.69, 9.17) is 5.73 Å². The third kappa shape index (κ3) is 2.16. The van der Waals surface area contributed by atoms with Crippen molar-refractivity contribution in [3.8, 4) is 0 Å². The third-order valence-electron chi connectivity index (χ3n) is 3.08. The Kier molecular flexibility index (Phi) is 2.89. The largest absolute Gasteiger partial charge is 0.326 e. The second-order valence-corrected chi connectivity index (χ2v) is 5.75. The lowest BCUT2D eigenvalue weighted by Crippen LogP contribution is -2.26. The molecule has 96 valence electrons. The Morgan fingerprint density at radius 3 is 3.17 bits per heavy atom. The summed E-state index contributed by atoms with van der Waals surface area (Å²) in [4.78, 5) is 19.0. The van der Waals surface area contributed by atoms with Crippen LogP contribution >= 0.6 is 11.3 Å². The lowest BCUT2D eigenvalue weighted by molar-refractivity contribution is 0.325. The van der Waals surface area contributed by atoms with Gasteiger partial charge in [-0.05, 0) is 13.3 Å². The minimum Gasteiger partial charge on any atom is -0.326 e. The van der Waals surface area contributed by atoms with Gasteiger partial charge in [-0.15, -0.1) is 0 Å². The number of nitrogens with two attached hydrogens (primary N) is 1. The zero-order valence-corrected chi connectivity index (χ0v) is 11.0. The molecule has 1 saturated heterocycles. The highest BCUT2D eigenvalue weighted by Gasteiger charge is 2.20. The molecule has 1 aliphatic rings. The van der Waals surface area contributed by atoms with Crippen LogP contribution in [-0.2, 0) is 6.54 Å². The van der Waals surface area contributed by atoms with Crippen molar-refractivity contribution in [2.75, 3.05) is 13.1 Å². The van der Waals surface area contributed by atoms with Crippen molar-refractivity contribution >= 4 is 16.3 Å². The highest BCUT2D eigenvalue weighted by molar-refractivity contribution is 7.16. The summed E-state index contributed by atoms with van der Waals surface area (Å²) in [6.45, 7) is 4.47. The lowest BCUT2D eigenvalue weighted by atomic mass is 10.3. The van der Waals surface area contributed by atoms with E-state index in [9.17, 15) is 4.79 Å². The topological polar surface area (TPSA) is 76.5 Å². The average Bonchev–Trinajstić information content (AvgIpc) is 2.85. The summed E-state index contributed by atoms with van der Waals surface area (Å²) in [5.41, 5.74) is 6.49. The van der Waals surface area contributed by atoms with Crippen LogP contribution in [0.15, 0.2) is 10.9 Å². The zero-order valence-electron chi connectivity index (χ0n) is 10.2. The normalized spacial score (nSPS) is 20.9. The Morgan fingerprint density at radius 1 is 1.61 bits per heavy atom. The summed E-state index contributed by atoms with van der Waals surface area (Å²) < 4.78 is 1.38. The Balaban J connectivity index is 1.89. The smallest absolute Gasteiger partial charge is 0.275 e. The van der Waals surface area contributed by atoms with Crippen LogP contribution < -0.4 is 11.3 Å². The molecule has 0 bridgehead atoms. The Bertz CT molecular complexity index is 634. The molecule has 1 aliphatic heterocycles. The summed E-state index contributed by atoms with van der Waals surface area (Å²) >= 11 is 1.47. The van der Waals surface area contributed by atoms with Gasteiger partial charge in [0.15, 0.2) is 0 Å². The standard InChI is InChI=1S/C11H15N5OS/c1-7-4-10(17)16-11(13-7)18-9(14-16)6-15-3-2-8(12)5-15/h4,8H,2-3,5-6,12H2,1H3. The van der Waals surface area contributed by atoms with Crippen LogP contribution in [0.5, 0.6) is 0 Å². The Labute approximate surface area is 108 Å². The fourth-order valence-electron chi connectivity index (χ4n) is 2.22. The number of fused-ring (bicyclic) bond motifs is 1. The number of aromatic nitrogens is 3. The first-order chi connectivity index (χ1) is 8.61. The Hall–Kier alpha value is -1.31. The van der Waals surface area contributed by atoms with Crippen molar-refractivity contribution in [2.45, 2.75) is 25.9 Å². The van der Waals surface area contributed by atoms with Crippen molar-refractivity contribution in [2.24, 2.45) is 5.73 Å². The monoisotopic (exact) mass is 265 g/mol. The highest BCUT2D eigenvalue weighted by atomic mass is 32.1. The number of likely N-dealkylation sites (tertiary alicyclic amines) is 1. The van der Waals surface area contributed by atoms with E-state index in [1.165, 1.54) is 21.9 Å². The second kappa shape index (κ2) is 4.42. The molecule has 1 atom stereocenters. The fraction of sp³-hybridized carbons (Fsp3) is 0.545. The second-order valence-electron chi connectivity index (χ2n) is 4.71. The van der Waals surface area contributed by atoms with E-state index in [1.807, 2.05) is 6.92 Å². The van der Waals surface area contributed by atoms with Gasteiger partial charge in [0.2, 0.25) is 4.96 Å². The third-order valence-corrected chi connectivity index (χ3v) is 3.98. The van der Waals surface area contributed by atoms with Gasteiger partial charge in [-0.2, -0.15) is 9.61 Å². The molecule has 6 nitrogen and oxygen atoms in total. The van der Waals surface area contributed by atoms with E-state index in [0.29, 0.717) is 4.96 Å². The average molecular weight is 265 g/mol. The highest BCUT2D eigenvalue weighted by Crippen LogP contribution is 2.16. The van der Waals surface area contributed by atoms with Gasteiger partial charge in [0.1, 0.15) is 5.01 Å². The van der Waals surface area contributed by atoms with E-state index in [0.717, 1.165) is 36.8 Å². The van der Waals surface area contributed by atoms with Crippen molar-refractivity contribution in [1.29, 1.82) is 0 Å². The lowest BCUT2D eigenvalue weighted by Gasteiger charge is -2.11. The van der Waals surface area contributed by atoms with Gasteiger partial charge < -0.3 is 5.73 Å². The molecule has 0 aliphatic carbocycles. The molecule has 2 aromatic heterocycles. The van der Waals surface area contributed by atoms with Crippen LogP contribution in [0.4, 0.5) is 0 Å². The predicted octanol–water partition coefficient (Wildman–Crippen LogP) is -0.00758. The first kappa shape index (κ1) is 11.8. The summed E-state index contributed by atoms with van der Waals surface area (Å²) in [5, 5.41) is 5.24. The quantitative estimate of drug-likeness (QED) is 0.826. The molecule has 1 fully saturated rings. The minimum absolute atomic E-state index is 0.113. The molecule has 0 radical (unpaired) electrons. The molecule has 1 unspecified atom stereocenters. The number of aryl methyl sites for hydroxylation is 1. The molecule has 0 aromatic carbocycles. The van der Waals surface area contributed by atoms with Crippen molar-refractivity contribution < 1.29 is 0 Å². The minimum atomic E-state index is -0.113. The summed E-state index contributed by atoms with van der Waals surface area (Å²) in [7, 11) is 0. The molecular weight excluding hydrogens is 250 g/mol. The van der Waals surface area contributed by atoms with Crippen LogP contribution in [-0.4, -0.2) is 38.6 Å². The molecule has 18 heavy (non-hydrogen) atoms. The maximum absolute atomic E-state index is 11.7. The van der Waals surface area contributed by atoms with Gasteiger partial charge in [0, 0.05) is 30.9 Å². The number of rotatable bonds is 2. The molecule has 3 heterocycles. The van der Waals surface area contributed by atoms with Crippen LogP contribution in [0.3, 0.4) is 0 Å². The van der Waals surface area contributed by atoms with E-state index in [-0.39, 0.29) is 11.6 Å². The summed E-state index contributed by atoms with van der Waals surface area (Å²) in [6, 6.07) is 1.77. The molecule has 2 N–H and O–H groups in total. The predicted molar refractivity (Wildman–Crippen MR) is 69.7 cm³/mol. The van der Waals surface area contributed by atoms with Crippen LogP contribution in [0, 0.1) is 6.92 Å². The van der Waals surface area contributed by atoms with Crippen molar-refractivity contribution in [3.05, 3.63) is 27.1 Å². The van der Waals surface area contributed by atoms with Gasteiger partial charge in [0.25, 0.3) is 5.56 Å². The maximum Gasteiger partial charge on any atom is 0.275 e. The van der Waals surface area contributed by atoms with E-state index < -0.39 is 0 Å². The van der Waals surface area contributed by atoms with Gasteiger partial charge in [0.05, 0.1) is 6.54 Å². The number of hydrogen-bond donors (Lipinski definition) is 1. The van der Waals surface area contributed by atoms with Crippen molar-refractivity contribution in [3.63, 3.8) is 0 Å². The van der Waals surface area contributed by atoms with E-state index in [2.05, 4.69) is 15.0 Å². The molecule has 3 rings (SSSR count). The van der Waals surface area contributed by atoms with Gasteiger partial charge in [-0.25, -0.2) is 4.98 Å². The van der Waals surface area contributed by atoms with E-state index >= 15 is 0 Å². The number of nitrogens with zero attached hydrogens (tertiary/aromatic N) is 4. The van der Waals surface area contributed by atoms with Gasteiger partial charge >= 0.3 is 0 Å². The molecule has 2 aromatic rings. The van der Waals surface area contributed by atoms with Crippen molar-refractivity contribution in [1.82, 2.24) is 19.5 Å². The first-order valence-electron chi connectivity index (χ1n) is 5.96. The van der Waals surface area contributed by atoms with Crippen LogP contribution in [0.25, 0.3) is 4.96 Å². The van der Waals surface area contributed by atoms with Gasteiger partial charge in [-0.1, -0.05) is 11.3 Å². The Morgan fingerprint density at radius 2 is 2.44 bits per heavy atom. The maximum atomic E-state index is 11.7. The zero-order chi connectivity index (χ0) is 12.7. The summed E-state index contributed by atoms with van der Waals surface area (Å²) in [6.07, 6.45) is 1.03.